The lowest BCUT2D eigenvalue weighted by Crippen LogP contribution is -2.31. The Balaban J connectivity index is 1.64. The fraction of sp³-hybridized carbons (Fsp3) is 0.389. The summed E-state index contributed by atoms with van der Waals surface area (Å²) < 4.78 is 41.9. The number of para-hydroxylation sites is 1. The van der Waals surface area contributed by atoms with Gasteiger partial charge in [-0.05, 0) is 18.6 Å². The van der Waals surface area contributed by atoms with Gasteiger partial charge in [0.1, 0.15) is 11.6 Å². The van der Waals surface area contributed by atoms with Crippen LogP contribution in [0.2, 0.25) is 0 Å². The van der Waals surface area contributed by atoms with Gasteiger partial charge in [-0.3, -0.25) is 4.90 Å². The van der Waals surface area contributed by atoms with Gasteiger partial charge in [0.15, 0.2) is 0 Å². The van der Waals surface area contributed by atoms with Crippen LogP contribution in [0.3, 0.4) is 0 Å². The van der Waals surface area contributed by atoms with E-state index in [-0.39, 0.29) is 5.75 Å². The highest BCUT2D eigenvalue weighted by Gasteiger charge is 2.32. The van der Waals surface area contributed by atoms with Gasteiger partial charge < -0.3 is 15.4 Å². The van der Waals surface area contributed by atoms with Crippen molar-refractivity contribution in [1.29, 1.82) is 0 Å². The number of aromatic nitrogens is 1. The monoisotopic (exact) mass is 365 g/mol. The normalized spacial score (nSPS) is 16.3. The Hall–Kier alpha value is -2.48. The first-order valence-corrected chi connectivity index (χ1v) is 8.39. The number of benzene rings is 1. The zero-order valence-corrected chi connectivity index (χ0v) is 14.2. The van der Waals surface area contributed by atoms with Crippen LogP contribution in [0.1, 0.15) is 12.0 Å². The van der Waals surface area contributed by atoms with Gasteiger partial charge in [0.2, 0.25) is 0 Å². The first-order chi connectivity index (χ1) is 12.4. The average Bonchev–Trinajstić information content (AvgIpc) is 2.82. The Morgan fingerprint density at radius 1 is 1.04 bits per heavy atom. The number of anilines is 1. The number of alkyl halides is 3. The van der Waals surface area contributed by atoms with Crippen molar-refractivity contribution in [3.8, 4) is 5.75 Å². The molecule has 1 N–H and O–H groups in total. The van der Waals surface area contributed by atoms with Crippen LogP contribution in [-0.4, -0.2) is 42.4 Å². The van der Waals surface area contributed by atoms with Crippen molar-refractivity contribution in [2.24, 2.45) is 0 Å². The Kier molecular flexibility index (Phi) is 5.51. The molecule has 0 saturated carbocycles. The Morgan fingerprint density at radius 2 is 1.85 bits per heavy atom. The second-order valence-electron chi connectivity index (χ2n) is 6.18. The molecule has 8 heteroatoms. The lowest BCUT2D eigenvalue weighted by Gasteiger charge is -2.24. The van der Waals surface area contributed by atoms with Gasteiger partial charge in [-0.1, -0.05) is 24.3 Å². The van der Waals surface area contributed by atoms with E-state index in [0.717, 1.165) is 31.9 Å². The van der Waals surface area contributed by atoms with Crippen LogP contribution in [0.15, 0.2) is 42.6 Å². The van der Waals surface area contributed by atoms with Gasteiger partial charge in [0.05, 0.1) is 0 Å². The van der Waals surface area contributed by atoms with E-state index >= 15 is 0 Å². The molecule has 0 bridgehead atoms. The molecule has 2 aromatic rings. The van der Waals surface area contributed by atoms with E-state index in [9.17, 15) is 13.2 Å². The zero-order chi connectivity index (χ0) is 18.6. The van der Waals surface area contributed by atoms with Crippen LogP contribution in [0.25, 0.3) is 5.73 Å². The second kappa shape index (κ2) is 7.82. The highest BCUT2D eigenvalue weighted by atomic mass is 19.4. The third-order valence-electron chi connectivity index (χ3n) is 4.25. The number of hydrogen-bond acceptors (Lipinski definition) is 4. The smallest absolute Gasteiger partial charge is 0.573 e. The van der Waals surface area contributed by atoms with E-state index < -0.39 is 6.36 Å². The summed E-state index contributed by atoms with van der Waals surface area (Å²) in [4.78, 5) is 8.54. The third-order valence-corrected chi connectivity index (χ3v) is 4.25. The minimum absolute atomic E-state index is 0.145. The predicted octanol–water partition coefficient (Wildman–Crippen LogP) is 4.38. The number of ether oxygens (including phenoxy) is 1. The molecule has 0 spiro atoms. The fourth-order valence-corrected chi connectivity index (χ4v) is 3.03. The van der Waals surface area contributed by atoms with Gasteiger partial charge in [0, 0.05) is 44.5 Å². The predicted molar refractivity (Wildman–Crippen MR) is 93.5 cm³/mol. The van der Waals surface area contributed by atoms with E-state index in [1.807, 2.05) is 6.07 Å². The molecule has 1 saturated heterocycles. The largest absolute Gasteiger partial charge is 0.697 e. The van der Waals surface area contributed by atoms with E-state index in [2.05, 4.69) is 19.5 Å². The molecular weight excluding hydrogens is 345 g/mol. The molecule has 5 nitrogen and oxygen atoms in total. The summed E-state index contributed by atoms with van der Waals surface area (Å²) in [7, 11) is 0. The zero-order valence-electron chi connectivity index (χ0n) is 14.2. The highest BCUT2D eigenvalue weighted by Crippen LogP contribution is 2.27. The van der Waals surface area contributed by atoms with Crippen molar-refractivity contribution in [1.82, 2.24) is 9.88 Å². The quantitative estimate of drug-likeness (QED) is 0.807. The SMILES string of the molecule is [NH-]c1ccc(N2CCCN(Cc3ccccc3OC(F)(F)F)CC2)nc1. The fourth-order valence-electron chi connectivity index (χ4n) is 3.03. The standard InChI is InChI=1S/C18H20F3N4O/c19-18(20,21)26-16-5-2-1-4-14(16)13-24-8-3-9-25(11-10-24)17-7-6-15(22)12-23-17/h1-2,4-7,12,22H,3,8-11,13H2/q-1. The number of pyridine rings is 1. The number of nitrogens with one attached hydrogen (secondary N) is 1. The van der Waals surface area contributed by atoms with Crippen LogP contribution in [0.4, 0.5) is 24.7 Å². The van der Waals surface area contributed by atoms with Crippen LogP contribution in [0.5, 0.6) is 5.75 Å². The van der Waals surface area contributed by atoms with E-state index in [1.165, 1.54) is 18.3 Å². The summed E-state index contributed by atoms with van der Waals surface area (Å²) in [5, 5.41) is 0. The summed E-state index contributed by atoms with van der Waals surface area (Å²) in [6, 6.07) is 9.79. The molecule has 0 aliphatic carbocycles. The molecule has 1 aliphatic heterocycles. The Labute approximate surface area is 150 Å². The molecule has 1 fully saturated rings. The molecule has 140 valence electrons. The maximum Gasteiger partial charge on any atom is 0.573 e. The lowest BCUT2D eigenvalue weighted by atomic mass is 10.2. The van der Waals surface area contributed by atoms with Crippen LogP contribution >= 0.6 is 0 Å². The maximum absolute atomic E-state index is 12.6. The van der Waals surface area contributed by atoms with Gasteiger partial charge in [0.25, 0.3) is 0 Å². The van der Waals surface area contributed by atoms with Gasteiger partial charge in [-0.2, -0.15) is 0 Å². The van der Waals surface area contributed by atoms with Crippen molar-refractivity contribution in [2.75, 3.05) is 31.1 Å². The molecule has 1 aromatic heterocycles. The van der Waals surface area contributed by atoms with E-state index in [0.29, 0.717) is 24.3 Å². The minimum atomic E-state index is -4.69. The van der Waals surface area contributed by atoms with E-state index in [4.69, 9.17) is 5.73 Å². The van der Waals surface area contributed by atoms with E-state index in [1.54, 1.807) is 18.2 Å². The molecule has 0 unspecified atom stereocenters. The first kappa shape index (κ1) is 18.3. The van der Waals surface area contributed by atoms with Crippen LogP contribution in [-0.2, 0) is 6.54 Å². The molecule has 2 heterocycles. The number of hydrogen-bond donors (Lipinski definition) is 0. The summed E-state index contributed by atoms with van der Waals surface area (Å²) >= 11 is 0. The molecule has 0 atom stereocenters. The van der Waals surface area contributed by atoms with Crippen LogP contribution < -0.4 is 9.64 Å². The first-order valence-electron chi connectivity index (χ1n) is 8.39. The van der Waals surface area contributed by atoms with Crippen molar-refractivity contribution in [3.05, 3.63) is 53.9 Å². The summed E-state index contributed by atoms with van der Waals surface area (Å²) in [5.41, 5.74) is 8.40. The number of halogens is 3. The van der Waals surface area contributed by atoms with Gasteiger partial charge >= 0.3 is 6.36 Å². The minimum Gasteiger partial charge on any atom is -0.697 e. The Bertz CT molecular complexity index is 721. The molecule has 26 heavy (non-hydrogen) atoms. The van der Waals surface area contributed by atoms with Gasteiger partial charge in [-0.25, -0.2) is 4.98 Å². The topological polar surface area (TPSA) is 52.4 Å². The summed E-state index contributed by atoms with van der Waals surface area (Å²) in [6.45, 7) is 3.45. The second-order valence-corrected chi connectivity index (χ2v) is 6.18. The lowest BCUT2D eigenvalue weighted by molar-refractivity contribution is -0.275. The molecule has 3 rings (SSSR count). The van der Waals surface area contributed by atoms with Crippen molar-refractivity contribution >= 4 is 11.5 Å². The maximum atomic E-state index is 12.6. The number of nitrogens with zero attached hydrogens (tertiary/aromatic N) is 3. The van der Waals surface area contributed by atoms with Crippen molar-refractivity contribution < 1.29 is 17.9 Å². The molecule has 0 amide bonds. The van der Waals surface area contributed by atoms with Crippen molar-refractivity contribution in [3.63, 3.8) is 0 Å². The van der Waals surface area contributed by atoms with Crippen molar-refractivity contribution in [2.45, 2.75) is 19.3 Å². The average molecular weight is 365 g/mol. The molecular formula is C18H20F3N4O-. The third kappa shape index (κ3) is 5.01. The molecule has 0 radical (unpaired) electrons. The molecule has 1 aliphatic rings. The van der Waals surface area contributed by atoms with Crippen LogP contribution in [0, 0.1) is 0 Å². The summed E-state index contributed by atoms with van der Waals surface area (Å²) in [5.74, 6) is 0.678. The van der Waals surface area contributed by atoms with Gasteiger partial charge in [-0.15, -0.1) is 18.9 Å². The Morgan fingerprint density at radius 3 is 2.58 bits per heavy atom. The summed E-state index contributed by atoms with van der Waals surface area (Å²) in [6.07, 6.45) is -2.29. The highest BCUT2D eigenvalue weighted by molar-refractivity contribution is 5.48. The molecule has 1 aromatic carbocycles. The number of rotatable bonds is 4.